The fourth-order valence-electron chi connectivity index (χ4n) is 4.10. The molecule has 0 aromatic rings. The molecule has 0 spiro atoms. The summed E-state index contributed by atoms with van der Waals surface area (Å²) in [6.45, 7) is 4.59. The van der Waals surface area contributed by atoms with Gasteiger partial charge in [-0.3, -0.25) is 9.79 Å². The molecule has 27 heavy (non-hydrogen) atoms. The van der Waals surface area contributed by atoms with E-state index in [4.69, 9.17) is 9.73 Å². The zero-order valence-corrected chi connectivity index (χ0v) is 16.5. The number of fused-ring (bicyclic) bond motifs is 1. The lowest BCUT2D eigenvalue weighted by atomic mass is 9.80. The largest absolute Gasteiger partial charge is 0.492 e. The number of carbonyl (C=O) groups is 1. The Labute approximate surface area is 162 Å². The van der Waals surface area contributed by atoms with Crippen LogP contribution < -0.4 is 0 Å². The molecule has 0 bridgehead atoms. The summed E-state index contributed by atoms with van der Waals surface area (Å²) in [5, 5.41) is 9.57. The van der Waals surface area contributed by atoms with Crippen molar-refractivity contribution in [2.75, 3.05) is 6.61 Å². The van der Waals surface area contributed by atoms with Crippen molar-refractivity contribution < 1.29 is 14.6 Å². The molecule has 3 atom stereocenters. The van der Waals surface area contributed by atoms with Gasteiger partial charge in [0.05, 0.1) is 17.4 Å². The average molecular weight is 370 g/mol. The third kappa shape index (κ3) is 5.44. The van der Waals surface area contributed by atoms with Crippen LogP contribution in [0.1, 0.15) is 58.8 Å². The SMILES string of the molecule is CC(C)=CCC(C(=O)O)C1CC=C(OCC2=NC3=CC=CCC3CC2)CC1. The molecule has 0 aromatic heterocycles. The Hall–Kier alpha value is -2.10. The Morgan fingerprint density at radius 3 is 2.89 bits per heavy atom. The maximum atomic E-state index is 11.6. The van der Waals surface area contributed by atoms with Gasteiger partial charge in [0.25, 0.3) is 0 Å². The standard InChI is InChI=1S/C23H31NO3/c1-16(2)7-14-21(23(25)26)17-9-12-20(13-10-17)27-15-19-11-8-18-5-3-4-6-22(18)24-19/h3-4,6-7,12,17-18,21H,5,8-11,13-15H2,1-2H3,(H,25,26). The first-order valence-electron chi connectivity index (χ1n) is 10.1. The first kappa shape index (κ1) is 19.7. The minimum absolute atomic E-state index is 0.192. The summed E-state index contributed by atoms with van der Waals surface area (Å²) in [4.78, 5) is 16.4. The highest BCUT2D eigenvalue weighted by Gasteiger charge is 2.29. The third-order valence-electron chi connectivity index (χ3n) is 5.81. The van der Waals surface area contributed by atoms with Crippen molar-refractivity contribution in [1.29, 1.82) is 0 Å². The van der Waals surface area contributed by atoms with E-state index >= 15 is 0 Å². The van der Waals surface area contributed by atoms with E-state index in [1.165, 1.54) is 11.3 Å². The predicted octanol–water partition coefficient (Wildman–Crippen LogP) is 5.44. The van der Waals surface area contributed by atoms with E-state index in [2.05, 4.69) is 24.3 Å². The zero-order chi connectivity index (χ0) is 19.2. The fourth-order valence-corrected chi connectivity index (χ4v) is 4.10. The molecule has 4 heteroatoms. The molecule has 0 radical (unpaired) electrons. The van der Waals surface area contributed by atoms with Gasteiger partial charge < -0.3 is 9.84 Å². The predicted molar refractivity (Wildman–Crippen MR) is 109 cm³/mol. The van der Waals surface area contributed by atoms with Crippen LogP contribution >= 0.6 is 0 Å². The van der Waals surface area contributed by atoms with Crippen molar-refractivity contribution in [2.45, 2.75) is 58.8 Å². The molecule has 3 rings (SSSR count). The van der Waals surface area contributed by atoms with Gasteiger partial charge in [0.2, 0.25) is 0 Å². The second-order valence-electron chi connectivity index (χ2n) is 8.12. The van der Waals surface area contributed by atoms with E-state index in [-0.39, 0.29) is 11.8 Å². The van der Waals surface area contributed by atoms with Crippen molar-refractivity contribution in [3.8, 4) is 0 Å². The maximum Gasteiger partial charge on any atom is 0.307 e. The van der Waals surface area contributed by atoms with Gasteiger partial charge in [-0.25, -0.2) is 0 Å². The van der Waals surface area contributed by atoms with Crippen molar-refractivity contribution >= 4 is 11.7 Å². The number of carboxylic acids is 1. The number of ether oxygens (including phenoxy) is 1. The summed E-state index contributed by atoms with van der Waals surface area (Å²) in [6, 6.07) is 0. The highest BCUT2D eigenvalue weighted by Crippen LogP contribution is 2.33. The number of nitrogens with zero attached hydrogens (tertiary/aromatic N) is 1. The first-order valence-corrected chi connectivity index (χ1v) is 10.1. The van der Waals surface area contributed by atoms with Gasteiger partial charge >= 0.3 is 5.97 Å². The quantitative estimate of drug-likeness (QED) is 0.608. The molecule has 0 saturated carbocycles. The van der Waals surface area contributed by atoms with Crippen molar-refractivity contribution in [1.82, 2.24) is 0 Å². The molecule has 1 N–H and O–H groups in total. The summed E-state index contributed by atoms with van der Waals surface area (Å²) in [5.41, 5.74) is 3.50. The van der Waals surface area contributed by atoms with Crippen molar-refractivity contribution in [3.05, 3.63) is 47.4 Å². The van der Waals surface area contributed by atoms with Crippen LogP contribution in [0.15, 0.2) is 52.4 Å². The number of aliphatic carboxylic acids is 1. The van der Waals surface area contributed by atoms with Crippen LogP contribution in [0.2, 0.25) is 0 Å². The summed E-state index contributed by atoms with van der Waals surface area (Å²) in [5.74, 6) is 0.791. The Bertz CT molecular complexity index is 707. The summed E-state index contributed by atoms with van der Waals surface area (Å²) < 4.78 is 6.01. The van der Waals surface area contributed by atoms with Gasteiger partial charge in [-0.05, 0) is 70.4 Å². The van der Waals surface area contributed by atoms with Crippen molar-refractivity contribution in [3.63, 3.8) is 0 Å². The summed E-state index contributed by atoms with van der Waals surface area (Å²) in [6.07, 6.45) is 17.0. The minimum Gasteiger partial charge on any atom is -0.492 e. The van der Waals surface area contributed by atoms with E-state index in [1.54, 1.807) is 0 Å². The molecule has 3 aliphatic rings. The lowest BCUT2D eigenvalue weighted by molar-refractivity contribution is -0.143. The second kappa shape index (κ2) is 9.20. The molecule has 146 valence electrons. The maximum absolute atomic E-state index is 11.6. The van der Waals surface area contributed by atoms with Crippen LogP contribution in [0.3, 0.4) is 0 Å². The van der Waals surface area contributed by atoms with Crippen molar-refractivity contribution in [2.24, 2.45) is 22.7 Å². The van der Waals surface area contributed by atoms with E-state index in [0.29, 0.717) is 18.9 Å². The Morgan fingerprint density at radius 2 is 2.19 bits per heavy atom. The van der Waals surface area contributed by atoms with E-state index in [0.717, 1.165) is 50.0 Å². The molecule has 0 saturated heterocycles. The van der Waals surface area contributed by atoms with E-state index in [1.807, 2.05) is 19.9 Å². The first-order chi connectivity index (χ1) is 13.0. The molecule has 0 aromatic carbocycles. The molecular formula is C23H31NO3. The Balaban J connectivity index is 1.52. The average Bonchev–Trinajstić information content (AvgIpc) is 2.67. The van der Waals surface area contributed by atoms with Crippen LogP contribution in [0.25, 0.3) is 0 Å². The topological polar surface area (TPSA) is 58.9 Å². The van der Waals surface area contributed by atoms with E-state index in [9.17, 15) is 9.90 Å². The lowest BCUT2D eigenvalue weighted by Gasteiger charge is -2.28. The lowest BCUT2D eigenvalue weighted by Crippen LogP contribution is -2.25. The van der Waals surface area contributed by atoms with E-state index < -0.39 is 5.97 Å². The molecule has 2 aliphatic carbocycles. The number of hydrogen-bond acceptors (Lipinski definition) is 3. The molecule has 1 aliphatic heterocycles. The van der Waals surface area contributed by atoms with Gasteiger partial charge in [0, 0.05) is 18.0 Å². The van der Waals surface area contributed by atoms with Gasteiger partial charge in [0.15, 0.2) is 0 Å². The number of rotatable bonds is 7. The molecular weight excluding hydrogens is 338 g/mol. The summed E-state index contributed by atoms with van der Waals surface area (Å²) in [7, 11) is 0. The highest BCUT2D eigenvalue weighted by molar-refractivity contribution is 5.87. The summed E-state index contributed by atoms with van der Waals surface area (Å²) >= 11 is 0. The van der Waals surface area contributed by atoms with Crippen LogP contribution in [-0.4, -0.2) is 23.4 Å². The fraction of sp³-hybridized carbons (Fsp3) is 0.565. The van der Waals surface area contributed by atoms with Crippen LogP contribution in [0, 0.1) is 17.8 Å². The van der Waals surface area contributed by atoms with Gasteiger partial charge in [0.1, 0.15) is 6.61 Å². The molecule has 4 nitrogen and oxygen atoms in total. The molecule has 0 fully saturated rings. The molecule has 0 amide bonds. The number of carboxylic acid groups (broad SMARTS) is 1. The second-order valence-corrected chi connectivity index (χ2v) is 8.12. The zero-order valence-electron chi connectivity index (χ0n) is 16.5. The normalized spacial score (nSPS) is 25.5. The Morgan fingerprint density at radius 1 is 1.33 bits per heavy atom. The van der Waals surface area contributed by atoms with Crippen LogP contribution in [-0.2, 0) is 9.53 Å². The number of aliphatic imine (C=N–C) groups is 1. The monoisotopic (exact) mass is 369 g/mol. The third-order valence-corrected chi connectivity index (χ3v) is 5.81. The minimum atomic E-state index is -0.684. The smallest absolute Gasteiger partial charge is 0.307 e. The van der Waals surface area contributed by atoms with Gasteiger partial charge in [-0.15, -0.1) is 0 Å². The van der Waals surface area contributed by atoms with Gasteiger partial charge in [-0.1, -0.05) is 23.8 Å². The van der Waals surface area contributed by atoms with Crippen LogP contribution in [0.5, 0.6) is 0 Å². The molecule has 3 unspecified atom stereocenters. The van der Waals surface area contributed by atoms with Gasteiger partial charge in [-0.2, -0.15) is 0 Å². The number of allylic oxidation sites excluding steroid dienone is 8. The number of hydrogen-bond donors (Lipinski definition) is 1. The highest BCUT2D eigenvalue weighted by atomic mass is 16.5. The van der Waals surface area contributed by atoms with Crippen LogP contribution in [0.4, 0.5) is 0 Å². The Kier molecular flexibility index (Phi) is 6.70. The molecule has 1 heterocycles.